The van der Waals surface area contributed by atoms with Crippen LogP contribution >= 0.6 is 0 Å². The minimum absolute atomic E-state index is 0.0516. The van der Waals surface area contributed by atoms with Crippen LogP contribution in [0.15, 0.2) is 48.5 Å². The Morgan fingerprint density at radius 1 is 1.03 bits per heavy atom. The van der Waals surface area contributed by atoms with Crippen molar-refractivity contribution in [2.45, 2.75) is 39.8 Å². The number of benzene rings is 2. The first-order chi connectivity index (χ1) is 13.9. The third-order valence-corrected chi connectivity index (χ3v) is 4.64. The Kier molecular flexibility index (Phi) is 8.13. The first-order valence-electron chi connectivity index (χ1n) is 9.86. The van der Waals surface area contributed by atoms with Gasteiger partial charge < -0.3 is 19.1 Å². The first kappa shape index (κ1) is 22.3. The number of methoxy groups -OCH3 is 2. The summed E-state index contributed by atoms with van der Waals surface area (Å²) < 4.78 is 16.5. The largest absolute Gasteiger partial charge is 0.497 e. The van der Waals surface area contributed by atoms with Crippen LogP contribution in [0.3, 0.4) is 0 Å². The summed E-state index contributed by atoms with van der Waals surface area (Å²) in [6.45, 7) is 8.53. The zero-order valence-electron chi connectivity index (χ0n) is 18.1. The van der Waals surface area contributed by atoms with Crippen molar-refractivity contribution < 1.29 is 19.0 Å². The van der Waals surface area contributed by atoms with Crippen molar-refractivity contribution in [3.8, 4) is 17.2 Å². The second-order valence-electron chi connectivity index (χ2n) is 6.99. The highest BCUT2D eigenvalue weighted by Crippen LogP contribution is 2.29. The molecule has 156 valence electrons. The lowest BCUT2D eigenvalue weighted by molar-refractivity contribution is -0.127. The Morgan fingerprint density at radius 2 is 1.79 bits per heavy atom. The van der Waals surface area contributed by atoms with Crippen molar-refractivity contribution >= 4 is 12.0 Å². The summed E-state index contributed by atoms with van der Waals surface area (Å²) in [5.74, 6) is 2.06. The lowest BCUT2D eigenvalue weighted by Gasteiger charge is -2.27. The van der Waals surface area contributed by atoms with Gasteiger partial charge in [-0.15, -0.1) is 0 Å². The average Bonchev–Trinajstić information content (AvgIpc) is 2.73. The molecular formula is C24H31NO4. The molecule has 2 aromatic rings. The zero-order valence-corrected chi connectivity index (χ0v) is 18.1. The molecular weight excluding hydrogens is 366 g/mol. The quantitative estimate of drug-likeness (QED) is 0.552. The molecule has 0 aliphatic carbocycles. The normalized spacial score (nSPS) is 12.1. The molecule has 1 amide bonds. The van der Waals surface area contributed by atoms with Gasteiger partial charge in [-0.25, -0.2) is 0 Å². The first-order valence-corrected chi connectivity index (χ1v) is 9.86. The van der Waals surface area contributed by atoms with Gasteiger partial charge in [0, 0.05) is 12.6 Å². The maximum absolute atomic E-state index is 12.8. The second-order valence-corrected chi connectivity index (χ2v) is 6.99. The van der Waals surface area contributed by atoms with E-state index in [9.17, 15) is 4.79 Å². The molecule has 0 N–H and O–H groups in total. The Balaban J connectivity index is 2.16. The van der Waals surface area contributed by atoms with Crippen LogP contribution in [0.25, 0.3) is 6.08 Å². The lowest BCUT2D eigenvalue weighted by Crippen LogP contribution is -2.32. The summed E-state index contributed by atoms with van der Waals surface area (Å²) in [6, 6.07) is 13.4. The van der Waals surface area contributed by atoms with E-state index in [1.165, 1.54) is 0 Å². The van der Waals surface area contributed by atoms with Crippen molar-refractivity contribution in [1.82, 2.24) is 4.90 Å². The van der Waals surface area contributed by atoms with Crippen LogP contribution in [-0.4, -0.2) is 37.7 Å². The zero-order chi connectivity index (χ0) is 21.4. The highest BCUT2D eigenvalue weighted by atomic mass is 16.5. The van der Waals surface area contributed by atoms with Crippen LogP contribution in [0, 0.1) is 0 Å². The Morgan fingerprint density at radius 3 is 2.41 bits per heavy atom. The van der Waals surface area contributed by atoms with Crippen molar-refractivity contribution in [3.63, 3.8) is 0 Å². The van der Waals surface area contributed by atoms with Crippen molar-refractivity contribution in [2.24, 2.45) is 0 Å². The summed E-state index contributed by atoms with van der Waals surface area (Å²) in [6.07, 6.45) is 3.45. The minimum Gasteiger partial charge on any atom is -0.497 e. The van der Waals surface area contributed by atoms with Gasteiger partial charge in [0.2, 0.25) is 5.91 Å². The number of hydrogen-bond donors (Lipinski definition) is 0. The number of rotatable bonds is 9. The van der Waals surface area contributed by atoms with E-state index in [1.54, 1.807) is 26.4 Å². The third-order valence-electron chi connectivity index (χ3n) is 4.64. The Bertz CT molecular complexity index is 845. The van der Waals surface area contributed by atoms with Gasteiger partial charge in [-0.05, 0) is 69.2 Å². The second kappa shape index (κ2) is 10.6. The summed E-state index contributed by atoms with van der Waals surface area (Å²) in [5.41, 5.74) is 1.90. The molecule has 0 aliphatic heterocycles. The Labute approximate surface area is 173 Å². The number of amides is 1. The maximum Gasteiger partial charge on any atom is 0.247 e. The molecule has 0 saturated carbocycles. The van der Waals surface area contributed by atoms with Crippen LogP contribution in [0.1, 0.15) is 44.9 Å². The van der Waals surface area contributed by atoms with Gasteiger partial charge in [-0.1, -0.05) is 18.2 Å². The number of nitrogens with zero attached hydrogens (tertiary/aromatic N) is 1. The van der Waals surface area contributed by atoms with E-state index in [4.69, 9.17) is 14.2 Å². The summed E-state index contributed by atoms with van der Waals surface area (Å²) in [4.78, 5) is 14.7. The minimum atomic E-state index is -0.0661. The highest BCUT2D eigenvalue weighted by molar-refractivity contribution is 5.92. The van der Waals surface area contributed by atoms with Gasteiger partial charge >= 0.3 is 0 Å². The third kappa shape index (κ3) is 6.01. The predicted molar refractivity (Wildman–Crippen MR) is 117 cm³/mol. The fourth-order valence-electron chi connectivity index (χ4n) is 3.10. The predicted octanol–water partition coefficient (Wildman–Crippen LogP) is 5.11. The molecule has 0 saturated heterocycles. The van der Waals surface area contributed by atoms with Crippen LogP contribution in [-0.2, 0) is 4.79 Å². The SMILES string of the molecule is CCN(C(=O)/C=C/c1ccc(OC(C)C)c(OC)c1)C(C)c1cccc(OC)c1. The maximum atomic E-state index is 12.8. The molecule has 1 unspecified atom stereocenters. The summed E-state index contributed by atoms with van der Waals surface area (Å²) in [7, 11) is 3.25. The molecule has 0 aromatic heterocycles. The number of likely N-dealkylation sites (N-methyl/N-ethyl adjacent to an activating group) is 1. The van der Waals surface area contributed by atoms with Crippen molar-refractivity contribution in [2.75, 3.05) is 20.8 Å². The molecule has 0 bridgehead atoms. The monoisotopic (exact) mass is 397 g/mol. The molecule has 0 fully saturated rings. The molecule has 1 atom stereocenters. The van der Waals surface area contributed by atoms with Crippen LogP contribution < -0.4 is 14.2 Å². The molecule has 0 spiro atoms. The van der Waals surface area contributed by atoms with Gasteiger partial charge in [0.05, 0.1) is 26.4 Å². The van der Waals surface area contributed by atoms with Gasteiger partial charge in [0.15, 0.2) is 11.5 Å². The molecule has 0 radical (unpaired) electrons. The van der Waals surface area contributed by atoms with Crippen molar-refractivity contribution in [3.05, 3.63) is 59.7 Å². The molecule has 0 heterocycles. The number of carbonyl (C=O) groups is 1. The van der Waals surface area contributed by atoms with E-state index < -0.39 is 0 Å². The van der Waals surface area contributed by atoms with Crippen molar-refractivity contribution in [1.29, 1.82) is 0 Å². The van der Waals surface area contributed by atoms with Crippen LogP contribution in [0.4, 0.5) is 0 Å². The van der Waals surface area contributed by atoms with Gasteiger partial charge in [0.1, 0.15) is 5.75 Å². The average molecular weight is 398 g/mol. The van der Waals surface area contributed by atoms with E-state index >= 15 is 0 Å². The fourth-order valence-corrected chi connectivity index (χ4v) is 3.10. The molecule has 2 rings (SSSR count). The van der Waals surface area contributed by atoms with E-state index in [1.807, 2.05) is 75.1 Å². The molecule has 5 nitrogen and oxygen atoms in total. The number of carbonyl (C=O) groups excluding carboxylic acids is 1. The van der Waals surface area contributed by atoms with Crippen LogP contribution in [0.5, 0.6) is 17.2 Å². The topological polar surface area (TPSA) is 48.0 Å². The lowest BCUT2D eigenvalue weighted by atomic mass is 10.1. The van der Waals surface area contributed by atoms with E-state index in [0.29, 0.717) is 18.0 Å². The van der Waals surface area contributed by atoms with Gasteiger partial charge in [0.25, 0.3) is 0 Å². The number of ether oxygens (including phenoxy) is 3. The number of hydrogen-bond acceptors (Lipinski definition) is 4. The van der Waals surface area contributed by atoms with E-state index in [-0.39, 0.29) is 18.1 Å². The summed E-state index contributed by atoms with van der Waals surface area (Å²) in [5, 5.41) is 0. The standard InChI is InChI=1S/C24H31NO4/c1-7-25(18(4)20-9-8-10-21(16-20)27-5)24(26)14-12-19-11-13-22(29-17(2)3)23(15-19)28-6/h8-18H,7H2,1-6H3/b14-12+. The Hall–Kier alpha value is -2.95. The molecule has 0 aliphatic rings. The molecule has 2 aromatic carbocycles. The molecule has 5 heteroatoms. The van der Waals surface area contributed by atoms with Gasteiger partial charge in [-0.3, -0.25) is 4.79 Å². The van der Waals surface area contributed by atoms with Crippen LogP contribution in [0.2, 0.25) is 0 Å². The summed E-state index contributed by atoms with van der Waals surface area (Å²) >= 11 is 0. The van der Waals surface area contributed by atoms with E-state index in [0.717, 1.165) is 16.9 Å². The highest BCUT2D eigenvalue weighted by Gasteiger charge is 2.18. The van der Waals surface area contributed by atoms with E-state index in [2.05, 4.69) is 0 Å². The fraction of sp³-hybridized carbons (Fsp3) is 0.375. The van der Waals surface area contributed by atoms with Gasteiger partial charge in [-0.2, -0.15) is 0 Å². The molecule has 29 heavy (non-hydrogen) atoms. The smallest absolute Gasteiger partial charge is 0.247 e.